The first kappa shape index (κ1) is 27.5. The largest absolute Gasteiger partial charge is 0.508 e. The third-order valence-electron chi connectivity index (χ3n) is 7.92. The topological polar surface area (TPSA) is 182 Å². The smallest absolute Gasteiger partial charge is 0.255 e. The minimum absolute atomic E-state index is 0. The maximum absolute atomic E-state index is 14.0. The lowest BCUT2D eigenvalue weighted by molar-refractivity contribution is -0.169. The molecule has 11 heteroatoms. The molecule has 7 N–H and O–H groups in total. The number of rotatable bonds is 3. The fourth-order valence-electron chi connectivity index (χ4n) is 6.25. The van der Waals surface area contributed by atoms with Crippen LogP contribution >= 0.6 is 11.3 Å². The van der Waals surface area contributed by atoms with Crippen molar-refractivity contribution in [2.75, 3.05) is 14.1 Å². The Morgan fingerprint density at radius 3 is 2.34 bits per heavy atom. The number of Topliss-reactive ketones (excluding diaryl/α,β-unsaturated/α-hetero) is 2. The van der Waals surface area contributed by atoms with E-state index in [0.29, 0.717) is 16.0 Å². The van der Waals surface area contributed by atoms with E-state index < -0.39 is 75.6 Å². The summed E-state index contributed by atoms with van der Waals surface area (Å²) < 4.78 is 0. The predicted octanol–water partition coefficient (Wildman–Crippen LogP) is 1.86. The van der Waals surface area contributed by atoms with Crippen molar-refractivity contribution in [2.45, 2.75) is 38.0 Å². The van der Waals surface area contributed by atoms with Gasteiger partial charge in [-0.3, -0.25) is 19.3 Å². The summed E-state index contributed by atoms with van der Waals surface area (Å²) in [7, 11) is 2.93. The molecule has 0 bridgehead atoms. The van der Waals surface area contributed by atoms with Crippen molar-refractivity contribution in [2.24, 2.45) is 17.6 Å². The van der Waals surface area contributed by atoms with Gasteiger partial charge in [-0.05, 0) is 43.1 Å². The van der Waals surface area contributed by atoms with Gasteiger partial charge in [0.05, 0.1) is 23.6 Å². The first-order valence-electron chi connectivity index (χ1n) is 11.6. The van der Waals surface area contributed by atoms with Gasteiger partial charge >= 0.3 is 0 Å². The molecule has 0 radical (unpaired) electrons. The molecule has 6 atom stereocenters. The van der Waals surface area contributed by atoms with E-state index in [4.69, 9.17) is 5.73 Å². The highest BCUT2D eigenvalue weighted by atomic mass is 32.1. The number of nitrogens with zero attached hydrogens (tertiary/aromatic N) is 1. The third kappa shape index (κ3) is 3.32. The number of carbonyl (C=O) groups excluding carboxylic acids is 3. The van der Waals surface area contributed by atoms with Gasteiger partial charge in [0.2, 0.25) is 5.78 Å². The number of hydrogen-bond donors (Lipinski definition) is 6. The molecule has 38 heavy (non-hydrogen) atoms. The van der Waals surface area contributed by atoms with Gasteiger partial charge in [0.25, 0.3) is 5.91 Å². The number of amides is 1. The molecule has 1 saturated carbocycles. The molecular weight excluding hydrogens is 512 g/mol. The van der Waals surface area contributed by atoms with Crippen molar-refractivity contribution in [3.05, 3.63) is 57.7 Å². The number of aliphatic hydroxyl groups is 4. The van der Waals surface area contributed by atoms with Crippen molar-refractivity contribution in [3.63, 3.8) is 0 Å². The summed E-state index contributed by atoms with van der Waals surface area (Å²) in [4.78, 5) is 41.3. The number of benzene rings is 1. The van der Waals surface area contributed by atoms with Crippen LogP contribution in [0, 0.1) is 11.8 Å². The third-order valence-corrected chi connectivity index (χ3v) is 8.82. The zero-order valence-electron chi connectivity index (χ0n) is 20.2. The molecule has 0 aliphatic heterocycles. The fraction of sp³-hybridized carbons (Fsp3) is 0.370. The number of fused-ring (bicyclic) bond motifs is 3. The van der Waals surface area contributed by atoms with Crippen LogP contribution in [0.3, 0.4) is 0 Å². The number of thiophene rings is 1. The molecule has 5 rings (SSSR count). The molecule has 1 amide bonds. The van der Waals surface area contributed by atoms with E-state index in [-0.39, 0.29) is 18.7 Å². The zero-order valence-corrected chi connectivity index (χ0v) is 21.0. The number of hydrogen-bond acceptors (Lipinski definition) is 10. The first-order chi connectivity index (χ1) is 17.3. The number of primary amides is 1. The number of phenols is 1. The molecule has 3 aliphatic carbocycles. The Morgan fingerprint density at radius 2 is 1.79 bits per heavy atom. The summed E-state index contributed by atoms with van der Waals surface area (Å²) in [6, 6.07) is 5.57. The zero-order chi connectivity index (χ0) is 27.1. The Morgan fingerprint density at radius 1 is 1.13 bits per heavy atom. The van der Waals surface area contributed by atoms with Gasteiger partial charge in [-0.1, -0.05) is 26.5 Å². The molecule has 2 aromatic rings. The highest BCUT2D eigenvalue weighted by Gasteiger charge is 2.68. The summed E-state index contributed by atoms with van der Waals surface area (Å²) in [5.41, 5.74) is 1.90. The van der Waals surface area contributed by atoms with Crippen LogP contribution in [0.5, 0.6) is 5.75 Å². The van der Waals surface area contributed by atoms with E-state index in [1.165, 1.54) is 30.3 Å². The molecule has 202 valence electrons. The van der Waals surface area contributed by atoms with Gasteiger partial charge in [0.15, 0.2) is 11.4 Å². The van der Waals surface area contributed by atoms with Crippen LogP contribution in [0.15, 0.2) is 46.6 Å². The van der Waals surface area contributed by atoms with Crippen LogP contribution < -0.4 is 5.73 Å². The average molecular weight is 543 g/mol. The normalized spacial score (nSPS) is 30.5. The van der Waals surface area contributed by atoms with Gasteiger partial charge in [-0.25, -0.2) is 0 Å². The van der Waals surface area contributed by atoms with E-state index >= 15 is 0 Å². The van der Waals surface area contributed by atoms with Crippen molar-refractivity contribution in [1.82, 2.24) is 4.90 Å². The van der Waals surface area contributed by atoms with Crippen LogP contribution in [-0.2, 0) is 14.4 Å². The number of carbonyl (C=O) groups is 3. The molecule has 1 heterocycles. The highest BCUT2D eigenvalue weighted by molar-refractivity contribution is 7.13. The van der Waals surface area contributed by atoms with Crippen LogP contribution in [0.4, 0.5) is 0 Å². The van der Waals surface area contributed by atoms with Crippen LogP contribution in [0.1, 0.15) is 31.4 Å². The number of aromatic hydroxyl groups is 1. The van der Waals surface area contributed by atoms with Gasteiger partial charge in [-0.15, -0.1) is 11.3 Å². The number of likely N-dealkylation sites (N-methyl/N-ethyl adjacent to an activating group) is 1. The second kappa shape index (κ2) is 9.05. The maximum atomic E-state index is 14.0. The quantitative estimate of drug-likeness (QED) is 0.315. The SMILES string of the molecule is C.C[C@H]1c2ccc(-c3cccs3)c(O)c2C(O)=C2C(=O)[C@]3(O)C(O)=C(C(N)=O)C(=O)[C@@H](N(C)C)[C@@H]3[C@@H](O)[C@@H]21. The van der Waals surface area contributed by atoms with Crippen molar-refractivity contribution < 1.29 is 39.9 Å². The monoisotopic (exact) mass is 542 g/mol. The van der Waals surface area contributed by atoms with Gasteiger partial charge in [-0.2, -0.15) is 0 Å². The Labute approximate surface area is 222 Å². The van der Waals surface area contributed by atoms with E-state index in [9.17, 15) is 39.9 Å². The summed E-state index contributed by atoms with van der Waals surface area (Å²) in [6.45, 7) is 1.70. The lowest BCUT2D eigenvalue weighted by Crippen LogP contribution is -2.70. The standard InChI is InChI=1S/C26H26N2O8S.CH4/c1-9-10-6-7-11(12-5-4-8-37-12)19(29)14(10)20(30)15-13(9)21(31)17-18(28(2)3)22(32)16(25(27)35)24(34)26(17,36)23(15)33;/h4-9,13,17-18,21,29-31,34,36H,1-3H3,(H2,27,35);1H4/t9-,13+,17+,18-,21-,26-;/m0./s1. The van der Waals surface area contributed by atoms with E-state index in [1.807, 2.05) is 5.38 Å². The summed E-state index contributed by atoms with van der Waals surface area (Å²) in [5, 5.41) is 58.6. The Kier molecular flexibility index (Phi) is 6.56. The second-order valence-electron chi connectivity index (χ2n) is 9.95. The van der Waals surface area contributed by atoms with E-state index in [0.717, 1.165) is 0 Å². The molecule has 0 saturated heterocycles. The Balaban J connectivity index is 0.00000336. The lowest BCUT2D eigenvalue weighted by atomic mass is 9.54. The summed E-state index contributed by atoms with van der Waals surface area (Å²) in [5.74, 6) is -8.96. The van der Waals surface area contributed by atoms with Gasteiger partial charge < -0.3 is 31.3 Å². The van der Waals surface area contributed by atoms with Crippen LogP contribution in [0.25, 0.3) is 16.2 Å². The first-order valence-corrected chi connectivity index (χ1v) is 12.5. The van der Waals surface area contributed by atoms with E-state index in [2.05, 4.69) is 0 Å². The molecule has 0 unspecified atom stereocenters. The molecule has 1 aromatic heterocycles. The highest BCUT2D eigenvalue weighted by Crippen LogP contribution is 2.57. The number of nitrogens with two attached hydrogens (primary N) is 1. The van der Waals surface area contributed by atoms with Crippen molar-refractivity contribution in [1.29, 1.82) is 0 Å². The van der Waals surface area contributed by atoms with Crippen LogP contribution in [0.2, 0.25) is 0 Å². The fourth-order valence-corrected chi connectivity index (χ4v) is 7.00. The summed E-state index contributed by atoms with van der Waals surface area (Å²) in [6.07, 6.45) is -1.62. The second-order valence-corrected chi connectivity index (χ2v) is 10.9. The predicted molar refractivity (Wildman–Crippen MR) is 140 cm³/mol. The van der Waals surface area contributed by atoms with Crippen LogP contribution in [-0.4, -0.2) is 79.7 Å². The van der Waals surface area contributed by atoms with Crippen molar-refractivity contribution in [3.8, 4) is 16.2 Å². The van der Waals surface area contributed by atoms with Crippen molar-refractivity contribution >= 4 is 34.6 Å². The molecular formula is C27H30N2O8S. The number of phenolic OH excluding ortho intramolecular Hbond substituents is 1. The molecule has 0 spiro atoms. The molecule has 3 aliphatic rings. The Bertz CT molecular complexity index is 1430. The minimum atomic E-state index is -2.93. The minimum Gasteiger partial charge on any atom is -0.508 e. The molecule has 10 nitrogen and oxygen atoms in total. The Hall–Kier alpha value is -3.51. The summed E-state index contributed by atoms with van der Waals surface area (Å²) >= 11 is 1.36. The lowest BCUT2D eigenvalue weighted by Gasteiger charge is -2.53. The van der Waals surface area contributed by atoms with E-state index in [1.54, 1.807) is 31.2 Å². The number of aliphatic hydroxyl groups excluding tert-OH is 3. The maximum Gasteiger partial charge on any atom is 0.255 e. The van der Waals surface area contributed by atoms with Gasteiger partial charge in [0, 0.05) is 21.9 Å². The average Bonchev–Trinajstić information content (AvgIpc) is 3.35. The molecule has 1 aromatic carbocycles. The van der Waals surface area contributed by atoms with Gasteiger partial charge in [0.1, 0.15) is 22.8 Å². The number of ketones is 2. The molecule has 1 fully saturated rings.